The fourth-order valence-corrected chi connectivity index (χ4v) is 3.93. The van der Waals surface area contributed by atoms with E-state index in [2.05, 4.69) is 56.0 Å². The van der Waals surface area contributed by atoms with Crippen molar-refractivity contribution in [2.75, 3.05) is 0 Å². The van der Waals surface area contributed by atoms with Gasteiger partial charge in [0.25, 0.3) is 0 Å². The number of allylic oxidation sites excluding steroid dienone is 1. The van der Waals surface area contributed by atoms with Crippen molar-refractivity contribution in [1.29, 1.82) is 0 Å². The molecule has 0 nitrogen and oxygen atoms in total. The highest BCUT2D eigenvalue weighted by Crippen LogP contribution is 2.38. The molecule has 0 heteroatoms. The third-order valence-electron chi connectivity index (χ3n) is 5.43. The highest BCUT2D eigenvalue weighted by atomic mass is 14.3. The van der Waals surface area contributed by atoms with Crippen LogP contribution >= 0.6 is 0 Å². The molecule has 1 aliphatic rings. The summed E-state index contributed by atoms with van der Waals surface area (Å²) in [5.41, 5.74) is 2.99. The van der Waals surface area contributed by atoms with E-state index in [1.165, 1.54) is 54.9 Å². The number of hydrogen-bond donors (Lipinski definition) is 0. The molecule has 0 radical (unpaired) electrons. The largest absolute Gasteiger partial charge is 0.103 e. The maximum absolute atomic E-state index is 3.85. The summed E-state index contributed by atoms with van der Waals surface area (Å²) < 4.78 is 0. The van der Waals surface area contributed by atoms with Gasteiger partial charge in [0.2, 0.25) is 0 Å². The first-order chi connectivity index (χ1) is 10.8. The zero-order valence-electron chi connectivity index (χ0n) is 13.9. The highest BCUT2D eigenvalue weighted by Gasteiger charge is 2.21. The topological polar surface area (TPSA) is 0 Å². The average molecular weight is 292 g/mol. The van der Waals surface area contributed by atoms with Gasteiger partial charge >= 0.3 is 0 Å². The van der Waals surface area contributed by atoms with Gasteiger partial charge in [0.05, 0.1) is 0 Å². The van der Waals surface area contributed by atoms with Crippen LogP contribution in [0.3, 0.4) is 0 Å². The Hall–Kier alpha value is -1.56. The number of benzene rings is 2. The Morgan fingerprint density at radius 1 is 1.00 bits per heavy atom. The molecule has 0 spiro atoms. The summed E-state index contributed by atoms with van der Waals surface area (Å²) in [6.07, 6.45) is 11.2. The van der Waals surface area contributed by atoms with E-state index in [1.807, 2.05) is 0 Å². The predicted molar refractivity (Wildman–Crippen MR) is 97.5 cm³/mol. The number of aryl methyl sites for hydroxylation is 1. The molecule has 0 N–H and O–H groups in total. The molecule has 0 heterocycles. The van der Waals surface area contributed by atoms with Crippen LogP contribution in [0, 0.1) is 5.92 Å². The Bertz CT molecular complexity index is 630. The van der Waals surface area contributed by atoms with Gasteiger partial charge in [0.1, 0.15) is 0 Å². The molecule has 0 atom stereocenters. The number of hydrogen-bond acceptors (Lipinski definition) is 0. The quantitative estimate of drug-likeness (QED) is 0.542. The summed E-state index contributed by atoms with van der Waals surface area (Å²) >= 11 is 0. The summed E-state index contributed by atoms with van der Waals surface area (Å²) in [6.45, 7) is 6.07. The molecule has 3 rings (SSSR count). The second-order valence-electron chi connectivity index (χ2n) is 6.88. The average Bonchev–Trinajstić information content (AvgIpc) is 2.59. The zero-order valence-corrected chi connectivity index (χ0v) is 13.9. The normalized spacial score (nSPS) is 21.9. The summed E-state index contributed by atoms with van der Waals surface area (Å²) in [5.74, 6) is 1.71. The van der Waals surface area contributed by atoms with Crippen molar-refractivity contribution in [3.8, 4) is 0 Å². The molecule has 22 heavy (non-hydrogen) atoms. The van der Waals surface area contributed by atoms with Crippen molar-refractivity contribution in [1.82, 2.24) is 0 Å². The molecular formula is C22H28. The molecule has 0 bridgehead atoms. The van der Waals surface area contributed by atoms with Crippen LogP contribution in [0.15, 0.2) is 49.1 Å². The Labute approximate surface area is 135 Å². The van der Waals surface area contributed by atoms with E-state index in [9.17, 15) is 0 Å². The molecule has 116 valence electrons. The molecule has 0 saturated heterocycles. The molecule has 1 saturated carbocycles. The summed E-state index contributed by atoms with van der Waals surface area (Å²) in [5, 5.41) is 2.80. The van der Waals surface area contributed by atoms with Gasteiger partial charge < -0.3 is 0 Å². The lowest BCUT2D eigenvalue weighted by atomic mass is 9.77. The molecular weight excluding hydrogens is 264 g/mol. The van der Waals surface area contributed by atoms with E-state index in [0.717, 1.165) is 18.3 Å². The first-order valence-corrected chi connectivity index (χ1v) is 8.93. The van der Waals surface area contributed by atoms with Crippen molar-refractivity contribution in [2.24, 2.45) is 5.92 Å². The van der Waals surface area contributed by atoms with Crippen LogP contribution in [0.2, 0.25) is 0 Å². The predicted octanol–water partition coefficient (Wildman–Crippen LogP) is 6.64. The van der Waals surface area contributed by atoms with Crippen LogP contribution in [0.5, 0.6) is 0 Å². The van der Waals surface area contributed by atoms with E-state index in [1.54, 1.807) is 5.56 Å². The van der Waals surface area contributed by atoms with Gasteiger partial charge in [-0.05, 0) is 78.7 Å². The smallest absolute Gasteiger partial charge is 0.0162 e. The van der Waals surface area contributed by atoms with Gasteiger partial charge in [-0.1, -0.05) is 49.4 Å². The first-order valence-electron chi connectivity index (χ1n) is 8.93. The third kappa shape index (κ3) is 3.43. The van der Waals surface area contributed by atoms with Crippen LogP contribution < -0.4 is 0 Å². The molecule has 0 aliphatic heterocycles. The van der Waals surface area contributed by atoms with Gasteiger partial charge in [0, 0.05) is 0 Å². The first kappa shape index (κ1) is 15.3. The van der Waals surface area contributed by atoms with E-state index in [4.69, 9.17) is 0 Å². The van der Waals surface area contributed by atoms with Gasteiger partial charge in [-0.3, -0.25) is 0 Å². The Kier molecular flexibility index (Phi) is 4.97. The Morgan fingerprint density at radius 2 is 1.73 bits per heavy atom. The van der Waals surface area contributed by atoms with Gasteiger partial charge in [-0.2, -0.15) is 0 Å². The molecule has 0 unspecified atom stereocenters. The van der Waals surface area contributed by atoms with Crippen LogP contribution in [-0.2, 0) is 6.42 Å². The SMILES string of the molecule is C=CCCC1CCC(c2ccc3cc(CC)ccc3c2)CC1. The fourth-order valence-electron chi connectivity index (χ4n) is 3.93. The lowest BCUT2D eigenvalue weighted by Gasteiger charge is -2.28. The summed E-state index contributed by atoms with van der Waals surface area (Å²) in [6, 6.07) is 14.0. The van der Waals surface area contributed by atoms with Crippen molar-refractivity contribution in [3.05, 3.63) is 60.2 Å². The highest BCUT2D eigenvalue weighted by molar-refractivity contribution is 5.84. The second-order valence-corrected chi connectivity index (χ2v) is 6.88. The van der Waals surface area contributed by atoms with Crippen molar-refractivity contribution in [3.63, 3.8) is 0 Å². The van der Waals surface area contributed by atoms with Gasteiger partial charge in [0.15, 0.2) is 0 Å². The van der Waals surface area contributed by atoms with Crippen molar-refractivity contribution < 1.29 is 0 Å². The maximum atomic E-state index is 3.85. The molecule has 1 aliphatic carbocycles. The minimum atomic E-state index is 0.773. The molecule has 2 aromatic carbocycles. The van der Waals surface area contributed by atoms with Gasteiger partial charge in [-0.25, -0.2) is 0 Å². The standard InChI is InChI=1S/C22H28/c1-3-5-6-18-8-10-19(11-9-18)21-14-13-20-15-17(4-2)7-12-22(20)16-21/h3,7,12-16,18-19H,1,4-6,8-11H2,2H3. The minimum Gasteiger partial charge on any atom is -0.103 e. The van der Waals surface area contributed by atoms with E-state index < -0.39 is 0 Å². The van der Waals surface area contributed by atoms with Gasteiger partial charge in [-0.15, -0.1) is 6.58 Å². The lowest BCUT2D eigenvalue weighted by Crippen LogP contribution is -2.13. The molecule has 2 aromatic rings. The molecule has 0 aromatic heterocycles. The van der Waals surface area contributed by atoms with E-state index in [-0.39, 0.29) is 0 Å². The van der Waals surface area contributed by atoms with Crippen molar-refractivity contribution >= 4 is 10.8 Å². The fraction of sp³-hybridized carbons (Fsp3) is 0.455. The zero-order chi connectivity index (χ0) is 15.4. The number of fused-ring (bicyclic) bond motifs is 1. The number of rotatable bonds is 5. The molecule has 1 fully saturated rings. The van der Waals surface area contributed by atoms with Crippen LogP contribution in [-0.4, -0.2) is 0 Å². The van der Waals surface area contributed by atoms with E-state index in [0.29, 0.717) is 0 Å². The van der Waals surface area contributed by atoms with Crippen molar-refractivity contribution in [2.45, 2.75) is 57.8 Å². The van der Waals surface area contributed by atoms with E-state index >= 15 is 0 Å². The molecule has 0 amide bonds. The van der Waals surface area contributed by atoms with Crippen LogP contribution in [0.4, 0.5) is 0 Å². The minimum absolute atomic E-state index is 0.773. The lowest BCUT2D eigenvalue weighted by molar-refractivity contribution is 0.312. The van der Waals surface area contributed by atoms with Crippen LogP contribution in [0.25, 0.3) is 10.8 Å². The Morgan fingerprint density at radius 3 is 2.45 bits per heavy atom. The Balaban J connectivity index is 1.70. The summed E-state index contributed by atoms with van der Waals surface area (Å²) in [7, 11) is 0. The van der Waals surface area contributed by atoms with Crippen LogP contribution in [0.1, 0.15) is 62.5 Å². The monoisotopic (exact) mass is 292 g/mol. The third-order valence-corrected chi connectivity index (χ3v) is 5.43. The second kappa shape index (κ2) is 7.13. The maximum Gasteiger partial charge on any atom is -0.0162 e. The summed E-state index contributed by atoms with van der Waals surface area (Å²) in [4.78, 5) is 0.